The minimum Gasteiger partial charge on any atom is -0.394 e. The van der Waals surface area contributed by atoms with Crippen LogP contribution >= 0.6 is 0 Å². The van der Waals surface area contributed by atoms with Crippen molar-refractivity contribution in [3.8, 4) is 0 Å². The van der Waals surface area contributed by atoms with Crippen LogP contribution in [0.2, 0.25) is 0 Å². The Hall–Kier alpha value is -2.06. The molecule has 0 aliphatic rings. The second-order valence-electron chi connectivity index (χ2n) is 4.22. The van der Waals surface area contributed by atoms with Crippen molar-refractivity contribution >= 4 is 11.7 Å². The molecule has 0 radical (unpaired) electrons. The standard InChI is InChI=1S/C11H15N5O3/c1-6-3-7(2)16-11(12-6)14-9(15-16)10(19)13-8(4-17)5-18/h3,8,17-18H,4-5H2,1-2H3,(H,13,19). The molecule has 0 fully saturated rings. The lowest BCUT2D eigenvalue weighted by Gasteiger charge is -2.10. The smallest absolute Gasteiger partial charge is 0.291 e. The normalized spacial score (nSPS) is 11.2. The fraction of sp³-hybridized carbons (Fsp3) is 0.455. The van der Waals surface area contributed by atoms with E-state index in [4.69, 9.17) is 10.2 Å². The highest BCUT2D eigenvalue weighted by Crippen LogP contribution is 2.05. The van der Waals surface area contributed by atoms with Gasteiger partial charge in [0.1, 0.15) is 0 Å². The topological polar surface area (TPSA) is 113 Å². The van der Waals surface area contributed by atoms with Crippen molar-refractivity contribution in [2.24, 2.45) is 0 Å². The molecule has 2 rings (SSSR count). The van der Waals surface area contributed by atoms with Crippen LogP contribution in [0.3, 0.4) is 0 Å². The third kappa shape index (κ3) is 2.69. The highest BCUT2D eigenvalue weighted by atomic mass is 16.3. The van der Waals surface area contributed by atoms with Gasteiger partial charge in [0.2, 0.25) is 5.82 Å². The Balaban J connectivity index is 2.31. The molecule has 19 heavy (non-hydrogen) atoms. The number of aryl methyl sites for hydroxylation is 2. The van der Waals surface area contributed by atoms with E-state index < -0.39 is 11.9 Å². The fourth-order valence-corrected chi connectivity index (χ4v) is 1.66. The van der Waals surface area contributed by atoms with Crippen LogP contribution in [0.15, 0.2) is 6.07 Å². The Bertz CT molecular complexity index is 606. The van der Waals surface area contributed by atoms with Crippen LogP contribution in [0.25, 0.3) is 5.78 Å². The Morgan fingerprint density at radius 3 is 2.68 bits per heavy atom. The van der Waals surface area contributed by atoms with E-state index in [1.54, 1.807) is 0 Å². The molecule has 0 aliphatic heterocycles. The highest BCUT2D eigenvalue weighted by Gasteiger charge is 2.17. The van der Waals surface area contributed by atoms with Gasteiger partial charge in [-0.1, -0.05) is 0 Å². The van der Waals surface area contributed by atoms with Gasteiger partial charge >= 0.3 is 0 Å². The molecule has 1 amide bonds. The first-order valence-corrected chi connectivity index (χ1v) is 5.78. The first kappa shape index (κ1) is 13.4. The number of aliphatic hydroxyl groups is 2. The van der Waals surface area contributed by atoms with Crippen LogP contribution in [0.4, 0.5) is 0 Å². The fourth-order valence-electron chi connectivity index (χ4n) is 1.66. The van der Waals surface area contributed by atoms with Crippen molar-refractivity contribution in [3.05, 3.63) is 23.3 Å². The number of hydrogen-bond acceptors (Lipinski definition) is 6. The molecule has 0 bridgehead atoms. The minimum atomic E-state index is -0.727. The van der Waals surface area contributed by atoms with E-state index in [9.17, 15) is 4.79 Å². The molecule has 3 N–H and O–H groups in total. The summed E-state index contributed by atoms with van der Waals surface area (Å²) in [6.07, 6.45) is 0. The van der Waals surface area contributed by atoms with Gasteiger partial charge in [0.15, 0.2) is 0 Å². The van der Waals surface area contributed by atoms with Gasteiger partial charge in [-0.3, -0.25) is 4.79 Å². The van der Waals surface area contributed by atoms with Crippen LogP contribution < -0.4 is 5.32 Å². The van der Waals surface area contributed by atoms with Crippen LogP contribution in [0, 0.1) is 13.8 Å². The molecule has 8 heteroatoms. The van der Waals surface area contributed by atoms with Crippen molar-refractivity contribution in [2.45, 2.75) is 19.9 Å². The number of rotatable bonds is 4. The molecule has 8 nitrogen and oxygen atoms in total. The molecule has 0 saturated carbocycles. The summed E-state index contributed by atoms with van der Waals surface area (Å²) < 4.78 is 1.47. The predicted molar refractivity (Wildman–Crippen MR) is 65.7 cm³/mol. The quantitative estimate of drug-likeness (QED) is 0.641. The lowest BCUT2D eigenvalue weighted by Crippen LogP contribution is -2.40. The molecule has 0 spiro atoms. The molecule has 0 aromatic carbocycles. The van der Waals surface area contributed by atoms with Crippen LogP contribution in [0.1, 0.15) is 22.0 Å². The average molecular weight is 265 g/mol. The third-order valence-corrected chi connectivity index (χ3v) is 2.60. The predicted octanol–water partition coefficient (Wildman–Crippen LogP) is -1.18. The van der Waals surface area contributed by atoms with E-state index in [1.165, 1.54) is 4.52 Å². The van der Waals surface area contributed by atoms with E-state index in [1.807, 2.05) is 19.9 Å². The summed E-state index contributed by atoms with van der Waals surface area (Å²) in [5.41, 5.74) is 1.60. The van der Waals surface area contributed by atoms with Gasteiger partial charge in [-0.05, 0) is 19.9 Å². The summed E-state index contributed by atoms with van der Waals surface area (Å²) in [6.45, 7) is 2.95. The van der Waals surface area contributed by atoms with Crippen molar-refractivity contribution < 1.29 is 15.0 Å². The largest absolute Gasteiger partial charge is 0.394 e. The molecular weight excluding hydrogens is 250 g/mol. The summed E-state index contributed by atoms with van der Waals surface area (Å²) in [6, 6.07) is 1.10. The number of amides is 1. The molecule has 2 aromatic rings. The number of carbonyl (C=O) groups is 1. The zero-order valence-corrected chi connectivity index (χ0v) is 10.7. The summed E-state index contributed by atoms with van der Waals surface area (Å²) in [7, 11) is 0. The van der Waals surface area contributed by atoms with Gasteiger partial charge in [-0.2, -0.15) is 4.98 Å². The number of carbonyl (C=O) groups excluding carboxylic acids is 1. The first-order valence-electron chi connectivity index (χ1n) is 5.78. The molecule has 102 valence electrons. The lowest BCUT2D eigenvalue weighted by molar-refractivity contribution is 0.0869. The Morgan fingerprint density at radius 2 is 2.05 bits per heavy atom. The van der Waals surface area contributed by atoms with Crippen molar-refractivity contribution in [1.29, 1.82) is 0 Å². The monoisotopic (exact) mass is 265 g/mol. The van der Waals surface area contributed by atoms with Gasteiger partial charge in [0.25, 0.3) is 11.7 Å². The maximum Gasteiger partial charge on any atom is 0.291 e. The van der Waals surface area contributed by atoms with Crippen molar-refractivity contribution in [2.75, 3.05) is 13.2 Å². The molecule has 0 atom stereocenters. The Morgan fingerprint density at radius 1 is 1.37 bits per heavy atom. The van der Waals surface area contributed by atoms with E-state index in [0.717, 1.165) is 11.4 Å². The molecule has 0 unspecified atom stereocenters. The van der Waals surface area contributed by atoms with Crippen LogP contribution in [-0.2, 0) is 0 Å². The second-order valence-corrected chi connectivity index (χ2v) is 4.22. The SMILES string of the molecule is Cc1cc(C)n2nc(C(=O)NC(CO)CO)nc2n1. The zero-order chi connectivity index (χ0) is 14.0. The molecule has 2 aromatic heterocycles. The van der Waals surface area contributed by atoms with E-state index in [0.29, 0.717) is 5.78 Å². The minimum absolute atomic E-state index is 0.0481. The number of nitrogens with zero attached hydrogens (tertiary/aromatic N) is 4. The lowest BCUT2D eigenvalue weighted by atomic mass is 10.3. The van der Waals surface area contributed by atoms with Gasteiger partial charge < -0.3 is 15.5 Å². The van der Waals surface area contributed by atoms with E-state index >= 15 is 0 Å². The summed E-state index contributed by atoms with van der Waals surface area (Å²) in [5, 5.41) is 24.3. The van der Waals surface area contributed by atoms with E-state index in [-0.39, 0.29) is 19.0 Å². The highest BCUT2D eigenvalue weighted by molar-refractivity contribution is 5.91. The number of aliphatic hydroxyl groups excluding tert-OH is 2. The van der Waals surface area contributed by atoms with Crippen LogP contribution in [-0.4, -0.2) is 55.0 Å². The van der Waals surface area contributed by atoms with Gasteiger partial charge in [-0.15, -0.1) is 5.10 Å². The maximum atomic E-state index is 11.8. The van der Waals surface area contributed by atoms with Gasteiger partial charge in [0.05, 0.1) is 19.3 Å². The summed E-state index contributed by atoms with van der Waals surface area (Å²) in [4.78, 5) is 20.0. The molecule has 2 heterocycles. The van der Waals surface area contributed by atoms with Gasteiger partial charge in [0, 0.05) is 11.4 Å². The third-order valence-electron chi connectivity index (χ3n) is 2.60. The van der Waals surface area contributed by atoms with E-state index in [2.05, 4.69) is 20.4 Å². The Kier molecular flexibility index (Phi) is 3.72. The maximum absolute atomic E-state index is 11.8. The van der Waals surface area contributed by atoms with Crippen molar-refractivity contribution in [3.63, 3.8) is 0 Å². The van der Waals surface area contributed by atoms with Crippen LogP contribution in [0.5, 0.6) is 0 Å². The molecule has 0 saturated heterocycles. The summed E-state index contributed by atoms with van der Waals surface area (Å²) in [5.74, 6) is -0.268. The average Bonchev–Trinajstić information content (AvgIpc) is 2.79. The first-order chi connectivity index (χ1) is 9.05. The number of nitrogens with one attached hydrogen (secondary N) is 1. The van der Waals surface area contributed by atoms with Gasteiger partial charge in [-0.25, -0.2) is 9.50 Å². The number of hydrogen-bond donors (Lipinski definition) is 3. The Labute approximate surface area is 109 Å². The summed E-state index contributed by atoms with van der Waals surface area (Å²) >= 11 is 0. The number of aromatic nitrogens is 4. The number of fused-ring (bicyclic) bond motifs is 1. The second kappa shape index (κ2) is 5.29. The molecular formula is C11H15N5O3. The zero-order valence-electron chi connectivity index (χ0n) is 10.7. The molecule has 0 aliphatic carbocycles. The van der Waals surface area contributed by atoms with Crippen molar-refractivity contribution in [1.82, 2.24) is 24.9 Å².